The maximum absolute atomic E-state index is 12.3. The van der Waals surface area contributed by atoms with Crippen LogP contribution in [0, 0.1) is 20.8 Å². The van der Waals surface area contributed by atoms with Crippen LogP contribution < -0.4 is 11.1 Å². The number of anilines is 2. The van der Waals surface area contributed by atoms with Crippen molar-refractivity contribution in [3.8, 4) is 0 Å². The predicted molar refractivity (Wildman–Crippen MR) is 105 cm³/mol. The number of carbonyl (C=O) groups excluding carboxylic acids is 1. The van der Waals surface area contributed by atoms with Crippen LogP contribution in [0.15, 0.2) is 48.7 Å². The molecule has 3 N–H and O–H groups in total. The maximum Gasteiger partial charge on any atom is 0.230 e. The smallest absolute Gasteiger partial charge is 0.230 e. The van der Waals surface area contributed by atoms with Crippen LogP contribution in [0.4, 0.5) is 11.5 Å². The molecule has 0 aliphatic heterocycles. The van der Waals surface area contributed by atoms with Gasteiger partial charge in [-0.05, 0) is 49.1 Å². The molecule has 0 aliphatic carbocycles. The Morgan fingerprint density at radius 1 is 1.04 bits per heavy atom. The fraction of sp³-hybridized carbons (Fsp3) is 0.238. The molecule has 3 rings (SSSR count). The van der Waals surface area contributed by atoms with Gasteiger partial charge < -0.3 is 11.1 Å². The molecule has 1 heterocycles. The first-order chi connectivity index (χ1) is 12.4. The van der Waals surface area contributed by atoms with Crippen molar-refractivity contribution in [2.75, 3.05) is 11.1 Å². The third-order valence-corrected chi connectivity index (χ3v) is 4.67. The van der Waals surface area contributed by atoms with E-state index in [-0.39, 0.29) is 5.91 Å². The summed E-state index contributed by atoms with van der Waals surface area (Å²) in [5.74, 6) is 0.477. The van der Waals surface area contributed by atoms with Gasteiger partial charge in [0.25, 0.3) is 0 Å². The molecule has 5 nitrogen and oxygen atoms in total. The SMILES string of the molecule is Cc1ccc(Cn2ccc(NC(=O)Cc3ccc(N)c(C)c3C)n2)cc1. The van der Waals surface area contributed by atoms with Gasteiger partial charge in [0.1, 0.15) is 0 Å². The first kappa shape index (κ1) is 17.7. The summed E-state index contributed by atoms with van der Waals surface area (Å²) in [6.45, 7) is 6.70. The molecule has 1 amide bonds. The van der Waals surface area contributed by atoms with Crippen molar-refractivity contribution in [2.45, 2.75) is 33.7 Å². The summed E-state index contributed by atoms with van der Waals surface area (Å²) >= 11 is 0. The number of aromatic nitrogens is 2. The number of amides is 1. The molecule has 134 valence electrons. The zero-order valence-corrected chi connectivity index (χ0v) is 15.4. The minimum atomic E-state index is -0.0853. The number of nitrogens with zero attached hydrogens (tertiary/aromatic N) is 2. The summed E-state index contributed by atoms with van der Waals surface area (Å²) in [6.07, 6.45) is 2.17. The van der Waals surface area contributed by atoms with Crippen molar-refractivity contribution < 1.29 is 4.79 Å². The third-order valence-electron chi connectivity index (χ3n) is 4.67. The van der Waals surface area contributed by atoms with Crippen LogP contribution in [-0.2, 0) is 17.8 Å². The summed E-state index contributed by atoms with van der Waals surface area (Å²) in [5.41, 5.74) is 12.1. The van der Waals surface area contributed by atoms with Crippen molar-refractivity contribution >= 4 is 17.4 Å². The summed E-state index contributed by atoms with van der Waals surface area (Å²) in [6, 6.07) is 13.9. The molecule has 1 aromatic heterocycles. The highest BCUT2D eigenvalue weighted by molar-refractivity contribution is 5.91. The maximum atomic E-state index is 12.3. The van der Waals surface area contributed by atoms with Gasteiger partial charge in [-0.3, -0.25) is 9.48 Å². The molecule has 0 radical (unpaired) electrons. The monoisotopic (exact) mass is 348 g/mol. The lowest BCUT2D eigenvalue weighted by molar-refractivity contribution is -0.115. The fourth-order valence-electron chi connectivity index (χ4n) is 2.85. The standard InChI is InChI=1S/C21H24N4O/c1-14-4-6-17(7-5-14)13-25-11-10-20(24-25)23-21(26)12-18-8-9-19(22)16(3)15(18)2/h4-11H,12-13,22H2,1-3H3,(H,23,24,26). The molecule has 0 unspecified atom stereocenters. The average molecular weight is 348 g/mol. The van der Waals surface area contributed by atoms with E-state index >= 15 is 0 Å². The number of nitrogen functional groups attached to an aromatic ring is 1. The molecule has 0 fully saturated rings. The summed E-state index contributed by atoms with van der Waals surface area (Å²) in [5, 5.41) is 7.29. The lowest BCUT2D eigenvalue weighted by atomic mass is 9.99. The quantitative estimate of drug-likeness (QED) is 0.692. The molecule has 5 heteroatoms. The van der Waals surface area contributed by atoms with E-state index in [1.165, 1.54) is 11.1 Å². The predicted octanol–water partition coefficient (Wildman–Crippen LogP) is 3.62. The van der Waals surface area contributed by atoms with Crippen molar-refractivity contribution in [3.63, 3.8) is 0 Å². The van der Waals surface area contributed by atoms with E-state index < -0.39 is 0 Å². The van der Waals surface area contributed by atoms with Crippen LogP contribution in [0.5, 0.6) is 0 Å². The average Bonchev–Trinajstić information content (AvgIpc) is 3.04. The highest BCUT2D eigenvalue weighted by atomic mass is 16.1. The zero-order valence-electron chi connectivity index (χ0n) is 15.4. The van der Waals surface area contributed by atoms with Crippen molar-refractivity contribution in [1.82, 2.24) is 9.78 Å². The minimum absolute atomic E-state index is 0.0853. The molecule has 0 spiro atoms. The van der Waals surface area contributed by atoms with Gasteiger partial charge in [0.15, 0.2) is 5.82 Å². The van der Waals surface area contributed by atoms with E-state index in [1.54, 1.807) is 0 Å². The molecule has 0 saturated carbocycles. The molecule has 0 bridgehead atoms. The second-order valence-electron chi connectivity index (χ2n) is 6.67. The second-order valence-corrected chi connectivity index (χ2v) is 6.67. The van der Waals surface area contributed by atoms with E-state index in [0.29, 0.717) is 18.8 Å². The molecule has 3 aromatic rings. The Hall–Kier alpha value is -3.08. The summed E-state index contributed by atoms with van der Waals surface area (Å²) in [7, 11) is 0. The Morgan fingerprint density at radius 2 is 1.77 bits per heavy atom. The first-order valence-corrected chi connectivity index (χ1v) is 8.66. The number of rotatable bonds is 5. The number of hydrogen-bond donors (Lipinski definition) is 2. The van der Waals surface area contributed by atoms with Crippen LogP contribution in [0.3, 0.4) is 0 Å². The summed E-state index contributed by atoms with van der Waals surface area (Å²) < 4.78 is 1.82. The van der Waals surface area contributed by atoms with Gasteiger partial charge >= 0.3 is 0 Å². The molecule has 26 heavy (non-hydrogen) atoms. The Labute approximate surface area is 153 Å². The normalized spacial score (nSPS) is 10.7. The Kier molecular flexibility index (Phi) is 5.07. The van der Waals surface area contributed by atoms with Gasteiger partial charge in [-0.1, -0.05) is 35.9 Å². The fourth-order valence-corrected chi connectivity index (χ4v) is 2.85. The van der Waals surface area contributed by atoms with Crippen molar-refractivity contribution in [1.29, 1.82) is 0 Å². The highest BCUT2D eigenvalue weighted by Gasteiger charge is 2.10. The van der Waals surface area contributed by atoms with E-state index in [2.05, 4.69) is 41.6 Å². The second kappa shape index (κ2) is 7.44. The lowest BCUT2D eigenvalue weighted by Gasteiger charge is -2.10. The molecule has 2 aromatic carbocycles. The third kappa shape index (κ3) is 4.11. The topological polar surface area (TPSA) is 72.9 Å². The van der Waals surface area contributed by atoms with E-state index in [9.17, 15) is 4.79 Å². The Bertz CT molecular complexity index is 926. The van der Waals surface area contributed by atoms with Gasteiger partial charge in [-0.15, -0.1) is 0 Å². The van der Waals surface area contributed by atoms with E-state index in [4.69, 9.17) is 5.73 Å². The van der Waals surface area contributed by atoms with Crippen LogP contribution in [0.25, 0.3) is 0 Å². The number of nitrogens with one attached hydrogen (secondary N) is 1. The van der Waals surface area contributed by atoms with Gasteiger partial charge in [0, 0.05) is 18.0 Å². The largest absolute Gasteiger partial charge is 0.399 e. The van der Waals surface area contributed by atoms with Crippen LogP contribution in [-0.4, -0.2) is 15.7 Å². The number of carbonyl (C=O) groups is 1. The van der Waals surface area contributed by atoms with Crippen molar-refractivity contribution in [2.24, 2.45) is 0 Å². The number of benzene rings is 2. The van der Waals surface area contributed by atoms with Crippen LogP contribution >= 0.6 is 0 Å². The number of hydrogen-bond acceptors (Lipinski definition) is 3. The van der Waals surface area contributed by atoms with Crippen LogP contribution in [0.2, 0.25) is 0 Å². The minimum Gasteiger partial charge on any atom is -0.399 e. The van der Waals surface area contributed by atoms with Crippen LogP contribution in [0.1, 0.15) is 27.8 Å². The van der Waals surface area contributed by atoms with Gasteiger partial charge in [-0.25, -0.2) is 0 Å². The zero-order chi connectivity index (χ0) is 18.7. The molecule has 0 saturated heterocycles. The molecular formula is C21H24N4O. The molecule has 0 aliphatic rings. The van der Waals surface area contributed by atoms with Crippen molar-refractivity contribution in [3.05, 3.63) is 76.5 Å². The van der Waals surface area contributed by atoms with E-state index in [0.717, 1.165) is 22.4 Å². The Morgan fingerprint density at radius 3 is 2.50 bits per heavy atom. The highest BCUT2D eigenvalue weighted by Crippen LogP contribution is 2.20. The van der Waals surface area contributed by atoms with Gasteiger partial charge in [-0.2, -0.15) is 5.10 Å². The Balaban J connectivity index is 1.62. The van der Waals surface area contributed by atoms with Gasteiger partial charge in [0.05, 0.1) is 13.0 Å². The molecular weight excluding hydrogens is 324 g/mol. The lowest BCUT2D eigenvalue weighted by Crippen LogP contribution is -2.16. The van der Waals surface area contributed by atoms with Gasteiger partial charge in [0.2, 0.25) is 5.91 Å². The first-order valence-electron chi connectivity index (χ1n) is 8.66. The molecule has 0 atom stereocenters. The summed E-state index contributed by atoms with van der Waals surface area (Å²) in [4.78, 5) is 12.3. The number of aryl methyl sites for hydroxylation is 1. The van der Waals surface area contributed by atoms with E-state index in [1.807, 2.05) is 42.9 Å². The number of nitrogens with two attached hydrogens (primary N) is 1.